The number of carboxylic acids is 1. The number of carbonyl (C=O) groups is 1. The Kier molecular flexibility index (Phi) is 5.72. The van der Waals surface area contributed by atoms with Gasteiger partial charge in [0.05, 0.1) is 5.69 Å². The normalized spacial score (nSPS) is 21.0. The minimum atomic E-state index is -0.992. The molecular weight excluding hydrogens is 408 g/mol. The van der Waals surface area contributed by atoms with Crippen LogP contribution in [-0.2, 0) is 6.61 Å². The predicted octanol–water partition coefficient (Wildman–Crippen LogP) is 6.20. The van der Waals surface area contributed by atoms with E-state index in [0.29, 0.717) is 12.5 Å². The fraction of sp³-hybridized carbons (Fsp3) is 0.360. The number of H-pyrrole nitrogens is 1. The predicted molar refractivity (Wildman–Crippen MR) is 121 cm³/mol. The molecule has 2 heterocycles. The first kappa shape index (κ1) is 20.2. The van der Waals surface area contributed by atoms with Gasteiger partial charge in [-0.2, -0.15) is 0 Å². The van der Waals surface area contributed by atoms with E-state index in [-0.39, 0.29) is 17.0 Å². The maximum absolute atomic E-state index is 11.4. The summed E-state index contributed by atoms with van der Waals surface area (Å²) < 4.78 is 5.95. The van der Waals surface area contributed by atoms with Crippen molar-refractivity contribution >= 4 is 17.7 Å². The van der Waals surface area contributed by atoms with Gasteiger partial charge in [-0.3, -0.25) is 0 Å². The molecule has 0 amide bonds. The van der Waals surface area contributed by atoms with Crippen molar-refractivity contribution in [3.63, 3.8) is 0 Å². The van der Waals surface area contributed by atoms with Crippen molar-refractivity contribution in [3.05, 3.63) is 77.2 Å². The number of carboxylic acid groups (broad SMARTS) is 1. The van der Waals surface area contributed by atoms with E-state index in [1.807, 2.05) is 30.3 Å². The number of rotatable bonds is 6. The van der Waals surface area contributed by atoms with Crippen LogP contribution in [-0.4, -0.2) is 21.0 Å². The molecule has 1 aliphatic heterocycles. The molecule has 5 rings (SSSR count). The second-order valence-corrected chi connectivity index (χ2v) is 9.55. The number of nitrogens with one attached hydrogen (secondary N) is 1. The molecule has 160 valence electrons. The van der Waals surface area contributed by atoms with Crippen LogP contribution in [0.2, 0.25) is 0 Å². The summed E-state index contributed by atoms with van der Waals surface area (Å²) in [4.78, 5) is 18.9. The second kappa shape index (κ2) is 8.79. The molecule has 2 atom stereocenters. The minimum absolute atomic E-state index is 0.0569. The van der Waals surface area contributed by atoms with Crippen LogP contribution < -0.4 is 4.74 Å². The average molecular weight is 435 g/mol. The topological polar surface area (TPSA) is 75.2 Å². The molecule has 0 bridgehead atoms. The standard InChI is InChI=1S/C25H26N2O3S/c28-25(29)23-26-21-20(17-9-5-2-6-10-17)22(31-24(21)27-23)18-11-13-19(14-12-18)30-15-16-7-3-1-4-8-16/h1,3-4,7-8,11-14,17,20,22H,2,5-6,9-10,15H2,(H,26,27)(H,28,29)/t20-,22+/m0/s1. The highest BCUT2D eigenvalue weighted by atomic mass is 32.2. The number of thioether (sulfide) groups is 1. The van der Waals surface area contributed by atoms with Crippen molar-refractivity contribution in [3.8, 4) is 5.75 Å². The third-order valence-electron chi connectivity index (χ3n) is 6.41. The highest BCUT2D eigenvalue weighted by Gasteiger charge is 2.42. The number of hydrogen-bond donors (Lipinski definition) is 2. The number of aromatic nitrogens is 2. The summed E-state index contributed by atoms with van der Waals surface area (Å²) in [6, 6.07) is 18.5. The summed E-state index contributed by atoms with van der Waals surface area (Å²) in [7, 11) is 0. The summed E-state index contributed by atoms with van der Waals surface area (Å²) >= 11 is 1.70. The Hall–Kier alpha value is -2.73. The van der Waals surface area contributed by atoms with E-state index in [9.17, 15) is 9.90 Å². The van der Waals surface area contributed by atoms with E-state index in [2.05, 4.69) is 34.2 Å². The van der Waals surface area contributed by atoms with Crippen molar-refractivity contribution in [2.75, 3.05) is 0 Å². The SMILES string of the molecule is O=C(O)c1nc2c([nH]1)[C@H](C1CCCCC1)[C@@H](c1ccc(OCc3ccccc3)cc1)S2. The number of ether oxygens (including phenoxy) is 1. The largest absolute Gasteiger partial charge is 0.489 e. The van der Waals surface area contributed by atoms with Gasteiger partial charge in [-0.05, 0) is 42.0 Å². The molecule has 0 spiro atoms. The Morgan fingerprint density at radius 2 is 1.81 bits per heavy atom. The zero-order chi connectivity index (χ0) is 21.2. The van der Waals surface area contributed by atoms with E-state index in [1.54, 1.807) is 11.8 Å². The summed E-state index contributed by atoms with van der Waals surface area (Å²) in [5, 5.41) is 10.5. The zero-order valence-electron chi connectivity index (χ0n) is 17.3. The van der Waals surface area contributed by atoms with Crippen molar-refractivity contribution in [1.82, 2.24) is 9.97 Å². The number of aromatic carboxylic acids is 1. The van der Waals surface area contributed by atoms with Gasteiger partial charge in [0.1, 0.15) is 17.4 Å². The zero-order valence-corrected chi connectivity index (χ0v) is 18.1. The molecule has 1 aromatic heterocycles. The quantitative estimate of drug-likeness (QED) is 0.483. The Balaban J connectivity index is 1.36. The Labute approximate surface area is 186 Å². The van der Waals surface area contributed by atoms with Gasteiger partial charge >= 0.3 is 5.97 Å². The van der Waals surface area contributed by atoms with E-state index < -0.39 is 5.97 Å². The van der Waals surface area contributed by atoms with Gasteiger partial charge < -0.3 is 14.8 Å². The first-order valence-electron chi connectivity index (χ1n) is 11.0. The lowest BCUT2D eigenvalue weighted by molar-refractivity contribution is 0.0684. The molecular formula is C25H26N2O3S. The molecule has 2 aliphatic rings. The Morgan fingerprint density at radius 1 is 1.06 bits per heavy atom. The van der Waals surface area contributed by atoms with E-state index in [4.69, 9.17) is 4.74 Å². The fourth-order valence-electron chi connectivity index (χ4n) is 4.88. The molecule has 1 aliphatic carbocycles. The van der Waals surface area contributed by atoms with Gasteiger partial charge in [-0.15, -0.1) is 0 Å². The number of imidazole rings is 1. The highest BCUT2D eigenvalue weighted by Crippen LogP contribution is 2.58. The molecule has 2 N–H and O–H groups in total. The molecule has 1 saturated carbocycles. The smallest absolute Gasteiger partial charge is 0.371 e. The van der Waals surface area contributed by atoms with Gasteiger partial charge in [-0.1, -0.05) is 73.5 Å². The van der Waals surface area contributed by atoms with Crippen molar-refractivity contribution in [2.45, 2.75) is 54.9 Å². The number of nitrogens with zero attached hydrogens (tertiary/aromatic N) is 1. The molecule has 6 heteroatoms. The number of hydrogen-bond acceptors (Lipinski definition) is 4. The monoisotopic (exact) mass is 434 g/mol. The third kappa shape index (κ3) is 4.22. The number of fused-ring (bicyclic) bond motifs is 1. The van der Waals surface area contributed by atoms with Crippen LogP contribution in [0.15, 0.2) is 59.6 Å². The van der Waals surface area contributed by atoms with Gasteiger partial charge in [0.15, 0.2) is 0 Å². The second-order valence-electron chi connectivity index (χ2n) is 8.42. The van der Waals surface area contributed by atoms with Crippen LogP contribution in [0.25, 0.3) is 0 Å². The van der Waals surface area contributed by atoms with Crippen LogP contribution in [0.4, 0.5) is 0 Å². The third-order valence-corrected chi connectivity index (χ3v) is 7.77. The van der Waals surface area contributed by atoms with Crippen molar-refractivity contribution in [1.29, 1.82) is 0 Å². The summed E-state index contributed by atoms with van der Waals surface area (Å²) in [6.07, 6.45) is 6.19. The molecule has 3 aromatic rings. The molecule has 1 fully saturated rings. The molecule has 0 radical (unpaired) electrons. The maximum atomic E-state index is 11.4. The number of aromatic amines is 1. The van der Waals surface area contributed by atoms with Gasteiger partial charge in [-0.25, -0.2) is 9.78 Å². The van der Waals surface area contributed by atoms with Crippen LogP contribution >= 0.6 is 11.8 Å². The van der Waals surface area contributed by atoms with Crippen LogP contribution in [0.3, 0.4) is 0 Å². The van der Waals surface area contributed by atoms with Gasteiger partial charge in [0.25, 0.3) is 0 Å². The van der Waals surface area contributed by atoms with E-state index in [1.165, 1.54) is 37.7 Å². The highest BCUT2D eigenvalue weighted by molar-refractivity contribution is 7.99. The molecule has 2 aromatic carbocycles. The molecule has 31 heavy (non-hydrogen) atoms. The summed E-state index contributed by atoms with van der Waals surface area (Å²) in [6.45, 7) is 0.551. The van der Waals surface area contributed by atoms with Crippen LogP contribution in [0, 0.1) is 5.92 Å². The van der Waals surface area contributed by atoms with E-state index in [0.717, 1.165) is 22.0 Å². The van der Waals surface area contributed by atoms with Crippen LogP contribution in [0.5, 0.6) is 5.75 Å². The first-order chi connectivity index (χ1) is 15.2. The Bertz CT molecular complexity index is 1040. The lowest BCUT2D eigenvalue weighted by atomic mass is 9.76. The molecule has 5 nitrogen and oxygen atoms in total. The molecule has 0 saturated heterocycles. The lowest BCUT2D eigenvalue weighted by Gasteiger charge is -2.31. The first-order valence-corrected chi connectivity index (χ1v) is 11.8. The lowest BCUT2D eigenvalue weighted by Crippen LogP contribution is -2.19. The van der Waals surface area contributed by atoms with E-state index >= 15 is 0 Å². The van der Waals surface area contributed by atoms with Crippen molar-refractivity contribution in [2.24, 2.45) is 5.92 Å². The fourth-order valence-corrected chi connectivity index (χ4v) is 6.38. The molecule has 0 unspecified atom stereocenters. The average Bonchev–Trinajstić information content (AvgIpc) is 3.38. The minimum Gasteiger partial charge on any atom is -0.489 e. The maximum Gasteiger partial charge on any atom is 0.371 e. The van der Waals surface area contributed by atoms with Crippen molar-refractivity contribution < 1.29 is 14.6 Å². The van der Waals surface area contributed by atoms with Gasteiger partial charge in [0, 0.05) is 11.2 Å². The summed E-state index contributed by atoms with van der Waals surface area (Å²) in [5.74, 6) is 0.755. The summed E-state index contributed by atoms with van der Waals surface area (Å²) in [5.41, 5.74) is 3.41. The number of benzene rings is 2. The Morgan fingerprint density at radius 3 is 2.52 bits per heavy atom. The van der Waals surface area contributed by atoms with Crippen LogP contribution in [0.1, 0.15) is 70.7 Å². The van der Waals surface area contributed by atoms with Gasteiger partial charge in [0.2, 0.25) is 5.82 Å².